The van der Waals surface area contributed by atoms with Crippen LogP contribution in [0.15, 0.2) is 57.8 Å². The number of nitrogens with zero attached hydrogens (tertiary/aromatic N) is 2. The van der Waals surface area contributed by atoms with Crippen molar-refractivity contribution in [2.24, 2.45) is 4.40 Å². The molecule has 1 aliphatic heterocycles. The molecule has 2 amide bonds. The van der Waals surface area contributed by atoms with Gasteiger partial charge in [-0.3, -0.25) is 14.5 Å². The molecule has 0 saturated carbocycles. The van der Waals surface area contributed by atoms with Gasteiger partial charge in [-0.2, -0.15) is 8.42 Å². The number of amidine groups is 1. The molecule has 1 saturated heterocycles. The Balaban J connectivity index is 1.75. The van der Waals surface area contributed by atoms with Gasteiger partial charge in [-0.15, -0.1) is 4.40 Å². The third-order valence-corrected chi connectivity index (χ3v) is 7.49. The summed E-state index contributed by atoms with van der Waals surface area (Å²) in [5, 5.41) is 2.59. The Morgan fingerprint density at radius 3 is 2.35 bits per heavy atom. The molecule has 0 radical (unpaired) electrons. The van der Waals surface area contributed by atoms with E-state index < -0.39 is 15.3 Å². The summed E-state index contributed by atoms with van der Waals surface area (Å²) in [6.45, 7) is 3.96. The predicted octanol–water partition coefficient (Wildman–Crippen LogP) is 3.94. The van der Waals surface area contributed by atoms with Gasteiger partial charge in [0.05, 0.1) is 4.90 Å². The Bertz CT molecular complexity index is 1100. The highest BCUT2D eigenvalue weighted by molar-refractivity contribution is 8.16. The normalized spacial score (nSPS) is 17.9. The number of hydrogen-bond donors (Lipinski definition) is 1. The van der Waals surface area contributed by atoms with Crippen LogP contribution in [0.2, 0.25) is 5.02 Å². The van der Waals surface area contributed by atoms with E-state index in [1.807, 2.05) is 6.92 Å². The molecule has 1 N–H and O–H groups in total. The summed E-state index contributed by atoms with van der Waals surface area (Å²) in [6, 6.07) is 13.1. The number of benzene rings is 2. The molecule has 0 bridgehead atoms. The number of thioether (sulfide) groups is 1. The number of anilines is 1. The lowest BCUT2D eigenvalue weighted by Crippen LogP contribution is -2.33. The molecular formula is C21H22ClN3O4S2. The standard InChI is InChI=1S/C21H22ClN3O4S2/c1-3-14-5-11-17(12-6-14)31(28,29)24-21-25(4-2)20(27)18(30-21)13-19(26)23-16-9-7-15(22)8-10-16/h5-12,18H,3-4,13H2,1-2H3,(H,23,26)/b24-21-. The lowest BCUT2D eigenvalue weighted by atomic mass is 10.2. The van der Waals surface area contributed by atoms with E-state index in [0.29, 0.717) is 10.7 Å². The number of halogens is 1. The zero-order valence-corrected chi connectivity index (χ0v) is 19.4. The van der Waals surface area contributed by atoms with Crippen molar-refractivity contribution in [1.82, 2.24) is 4.90 Å². The SMILES string of the molecule is CCc1ccc(S(=O)(=O)/N=C2\SC(CC(=O)Nc3ccc(Cl)cc3)C(=O)N2CC)cc1. The van der Waals surface area contributed by atoms with Crippen LogP contribution in [0, 0.1) is 0 Å². The number of hydrogen-bond acceptors (Lipinski definition) is 5. The highest BCUT2D eigenvalue weighted by atomic mass is 35.5. The van der Waals surface area contributed by atoms with E-state index in [1.165, 1.54) is 17.0 Å². The van der Waals surface area contributed by atoms with E-state index in [1.54, 1.807) is 43.3 Å². The number of carbonyl (C=O) groups excluding carboxylic acids is 2. The van der Waals surface area contributed by atoms with Crippen LogP contribution in [0.3, 0.4) is 0 Å². The van der Waals surface area contributed by atoms with Crippen LogP contribution >= 0.6 is 23.4 Å². The zero-order valence-electron chi connectivity index (χ0n) is 17.0. The molecule has 0 aliphatic carbocycles. The summed E-state index contributed by atoms with van der Waals surface area (Å²) in [7, 11) is -3.98. The lowest BCUT2D eigenvalue weighted by molar-refractivity contribution is -0.128. The molecular weight excluding hydrogens is 458 g/mol. The molecule has 0 aromatic heterocycles. The van der Waals surface area contributed by atoms with Crippen molar-refractivity contribution in [1.29, 1.82) is 0 Å². The van der Waals surface area contributed by atoms with E-state index in [2.05, 4.69) is 9.71 Å². The molecule has 1 heterocycles. The maximum Gasteiger partial charge on any atom is 0.284 e. The van der Waals surface area contributed by atoms with Crippen molar-refractivity contribution in [3.8, 4) is 0 Å². The van der Waals surface area contributed by atoms with E-state index in [0.717, 1.165) is 23.7 Å². The molecule has 31 heavy (non-hydrogen) atoms. The summed E-state index contributed by atoms with van der Waals surface area (Å²) in [6.07, 6.45) is 0.690. The van der Waals surface area contributed by atoms with Crippen molar-refractivity contribution in [3.05, 3.63) is 59.1 Å². The first-order chi connectivity index (χ1) is 14.7. The van der Waals surface area contributed by atoms with E-state index in [-0.39, 0.29) is 34.8 Å². The van der Waals surface area contributed by atoms with Gasteiger partial charge in [0.2, 0.25) is 11.8 Å². The Kier molecular flexibility index (Phi) is 7.40. The first-order valence-electron chi connectivity index (χ1n) is 9.71. The van der Waals surface area contributed by atoms with Crippen LogP contribution in [0.1, 0.15) is 25.8 Å². The molecule has 1 fully saturated rings. The Labute approximate surface area is 190 Å². The Morgan fingerprint density at radius 1 is 1.13 bits per heavy atom. The van der Waals surface area contributed by atoms with E-state index >= 15 is 0 Å². The molecule has 1 aliphatic rings. The average molecular weight is 480 g/mol. The van der Waals surface area contributed by atoms with Crippen LogP contribution in [-0.2, 0) is 26.0 Å². The minimum absolute atomic E-state index is 0.0604. The monoisotopic (exact) mass is 479 g/mol. The third kappa shape index (κ3) is 5.66. The predicted molar refractivity (Wildman–Crippen MR) is 124 cm³/mol. The number of aryl methyl sites for hydroxylation is 1. The van der Waals surface area contributed by atoms with Crippen LogP contribution in [0.5, 0.6) is 0 Å². The largest absolute Gasteiger partial charge is 0.326 e. The Hall–Kier alpha value is -2.36. The topological polar surface area (TPSA) is 95.9 Å². The lowest BCUT2D eigenvalue weighted by Gasteiger charge is -2.13. The third-order valence-electron chi connectivity index (χ3n) is 4.66. The molecule has 2 aromatic carbocycles. The van der Waals surface area contributed by atoms with Gasteiger partial charge in [0.1, 0.15) is 5.25 Å². The van der Waals surface area contributed by atoms with Gasteiger partial charge in [-0.25, -0.2) is 0 Å². The van der Waals surface area contributed by atoms with Crippen molar-refractivity contribution >= 4 is 56.1 Å². The first kappa shape index (κ1) is 23.3. The number of carbonyl (C=O) groups is 2. The minimum Gasteiger partial charge on any atom is -0.326 e. The molecule has 0 spiro atoms. The smallest absolute Gasteiger partial charge is 0.284 e. The molecule has 164 valence electrons. The van der Waals surface area contributed by atoms with Crippen LogP contribution in [0.25, 0.3) is 0 Å². The van der Waals surface area contributed by atoms with Gasteiger partial charge in [0.25, 0.3) is 10.0 Å². The molecule has 1 unspecified atom stereocenters. The van der Waals surface area contributed by atoms with Gasteiger partial charge in [0, 0.05) is 23.7 Å². The molecule has 2 aromatic rings. The summed E-state index contributed by atoms with van der Waals surface area (Å²) >= 11 is 6.82. The van der Waals surface area contributed by atoms with Gasteiger partial charge < -0.3 is 5.32 Å². The van der Waals surface area contributed by atoms with Crippen molar-refractivity contribution in [3.63, 3.8) is 0 Å². The van der Waals surface area contributed by atoms with Gasteiger partial charge in [-0.1, -0.05) is 42.4 Å². The van der Waals surface area contributed by atoms with Crippen LogP contribution in [-0.4, -0.2) is 42.1 Å². The number of rotatable bonds is 7. The van der Waals surface area contributed by atoms with Crippen molar-refractivity contribution in [2.45, 2.75) is 36.8 Å². The van der Waals surface area contributed by atoms with Crippen molar-refractivity contribution in [2.75, 3.05) is 11.9 Å². The number of amides is 2. The van der Waals surface area contributed by atoms with Gasteiger partial charge in [-0.05, 0) is 55.3 Å². The van der Waals surface area contributed by atoms with Crippen molar-refractivity contribution < 1.29 is 18.0 Å². The highest BCUT2D eigenvalue weighted by Crippen LogP contribution is 2.31. The highest BCUT2D eigenvalue weighted by Gasteiger charge is 2.39. The fourth-order valence-corrected chi connectivity index (χ4v) is 5.51. The van der Waals surface area contributed by atoms with Gasteiger partial charge >= 0.3 is 0 Å². The summed E-state index contributed by atoms with van der Waals surface area (Å²) < 4.78 is 29.3. The fourth-order valence-electron chi connectivity index (χ4n) is 2.97. The quantitative estimate of drug-likeness (QED) is 0.648. The first-order valence-corrected chi connectivity index (χ1v) is 12.4. The summed E-state index contributed by atoms with van der Waals surface area (Å²) in [4.78, 5) is 26.5. The Morgan fingerprint density at radius 2 is 1.77 bits per heavy atom. The van der Waals surface area contributed by atoms with Gasteiger partial charge in [0.15, 0.2) is 5.17 Å². The summed E-state index contributed by atoms with van der Waals surface area (Å²) in [5.74, 6) is -0.697. The molecule has 3 rings (SSSR count). The second-order valence-electron chi connectivity index (χ2n) is 6.79. The van der Waals surface area contributed by atoms with E-state index in [9.17, 15) is 18.0 Å². The molecule has 1 atom stereocenters. The van der Waals surface area contributed by atoms with Crippen LogP contribution in [0.4, 0.5) is 5.69 Å². The van der Waals surface area contributed by atoms with E-state index in [4.69, 9.17) is 11.6 Å². The van der Waals surface area contributed by atoms with Crippen LogP contribution < -0.4 is 5.32 Å². The maximum atomic E-state index is 12.7. The number of sulfonamides is 1. The molecule has 7 nitrogen and oxygen atoms in total. The summed E-state index contributed by atoms with van der Waals surface area (Å²) in [5.41, 5.74) is 1.57. The second kappa shape index (κ2) is 9.84. The maximum absolute atomic E-state index is 12.7. The second-order valence-corrected chi connectivity index (χ2v) is 10.0. The molecule has 10 heteroatoms. The minimum atomic E-state index is -3.98. The fraction of sp³-hybridized carbons (Fsp3) is 0.286. The average Bonchev–Trinajstić information content (AvgIpc) is 3.02. The zero-order chi connectivity index (χ0) is 22.6. The number of nitrogens with one attached hydrogen (secondary N) is 1.